The predicted octanol–water partition coefficient (Wildman–Crippen LogP) is 1.64. The van der Waals surface area contributed by atoms with Crippen LogP contribution in [0, 0.1) is 13.8 Å². The number of hydrogen-bond donors (Lipinski definition) is 1. The molecule has 22 heavy (non-hydrogen) atoms. The predicted molar refractivity (Wildman–Crippen MR) is 84.9 cm³/mol. The summed E-state index contributed by atoms with van der Waals surface area (Å²) >= 11 is 6.18. The molecule has 1 fully saturated rings. The van der Waals surface area contributed by atoms with Crippen LogP contribution < -0.4 is 10.6 Å². The van der Waals surface area contributed by atoms with Crippen molar-refractivity contribution in [2.45, 2.75) is 20.4 Å². The molecule has 0 amide bonds. The van der Waals surface area contributed by atoms with Gasteiger partial charge in [0.25, 0.3) is 0 Å². The van der Waals surface area contributed by atoms with E-state index >= 15 is 0 Å². The van der Waals surface area contributed by atoms with Crippen molar-refractivity contribution in [3.8, 4) is 0 Å². The van der Waals surface area contributed by atoms with E-state index in [1.807, 2.05) is 13.8 Å². The summed E-state index contributed by atoms with van der Waals surface area (Å²) in [5.74, 6) is 2.68. The van der Waals surface area contributed by atoms with Crippen molar-refractivity contribution in [2.24, 2.45) is 0 Å². The third-order valence-corrected chi connectivity index (χ3v) is 4.26. The van der Waals surface area contributed by atoms with Crippen LogP contribution in [0.5, 0.6) is 0 Å². The maximum atomic E-state index is 6.18. The van der Waals surface area contributed by atoms with Gasteiger partial charge in [0.15, 0.2) is 5.82 Å². The molecular weight excluding hydrogens is 304 g/mol. The van der Waals surface area contributed by atoms with Gasteiger partial charge in [0.2, 0.25) is 5.89 Å². The van der Waals surface area contributed by atoms with Crippen molar-refractivity contribution in [1.29, 1.82) is 0 Å². The van der Waals surface area contributed by atoms with Gasteiger partial charge in [-0.3, -0.25) is 4.90 Å². The summed E-state index contributed by atoms with van der Waals surface area (Å²) in [6.45, 7) is 8.06. The first-order valence-corrected chi connectivity index (χ1v) is 7.58. The Hall–Kier alpha value is -1.86. The number of nitrogens with zero attached hydrogens (tertiary/aromatic N) is 5. The third-order valence-electron chi connectivity index (χ3n) is 3.90. The quantitative estimate of drug-likeness (QED) is 0.919. The Kier molecular flexibility index (Phi) is 4.17. The maximum absolute atomic E-state index is 6.18. The monoisotopic (exact) mass is 322 g/mol. The molecule has 1 aliphatic heterocycles. The first-order valence-electron chi connectivity index (χ1n) is 7.21. The Morgan fingerprint density at radius 2 is 1.95 bits per heavy atom. The largest absolute Gasteiger partial charge is 0.444 e. The Bertz CT molecular complexity index is 646. The second-order valence-corrected chi connectivity index (χ2v) is 5.79. The fourth-order valence-electron chi connectivity index (χ4n) is 2.51. The number of nitrogens with two attached hydrogens (primary N) is 1. The molecule has 0 radical (unpaired) electrons. The van der Waals surface area contributed by atoms with Crippen molar-refractivity contribution in [2.75, 3.05) is 36.8 Å². The highest BCUT2D eigenvalue weighted by Crippen LogP contribution is 2.27. The lowest BCUT2D eigenvalue weighted by atomic mass is 10.3. The summed E-state index contributed by atoms with van der Waals surface area (Å²) in [6, 6.07) is 0. The minimum atomic E-state index is 0.319. The van der Waals surface area contributed by atoms with E-state index in [0.29, 0.717) is 16.7 Å². The van der Waals surface area contributed by atoms with Gasteiger partial charge in [0, 0.05) is 26.2 Å². The van der Waals surface area contributed by atoms with Crippen molar-refractivity contribution in [3.63, 3.8) is 0 Å². The number of rotatable bonds is 3. The molecule has 7 nitrogen and oxygen atoms in total. The highest BCUT2D eigenvalue weighted by Gasteiger charge is 2.22. The molecule has 8 heteroatoms. The minimum absolute atomic E-state index is 0.319. The Morgan fingerprint density at radius 3 is 2.59 bits per heavy atom. The fourth-order valence-corrected chi connectivity index (χ4v) is 2.73. The number of oxazole rings is 1. The smallest absolute Gasteiger partial charge is 0.208 e. The van der Waals surface area contributed by atoms with Crippen LogP contribution in [-0.2, 0) is 6.54 Å². The number of piperazine rings is 1. The third kappa shape index (κ3) is 3.00. The topological polar surface area (TPSA) is 84.3 Å². The molecule has 3 rings (SSSR count). The zero-order valence-electron chi connectivity index (χ0n) is 12.7. The molecule has 0 saturated carbocycles. The van der Waals surface area contributed by atoms with Crippen LogP contribution in [0.15, 0.2) is 10.7 Å². The summed E-state index contributed by atoms with van der Waals surface area (Å²) < 4.78 is 5.64. The molecule has 118 valence electrons. The molecule has 1 aliphatic rings. The van der Waals surface area contributed by atoms with Gasteiger partial charge in [-0.25, -0.2) is 15.0 Å². The summed E-state index contributed by atoms with van der Waals surface area (Å²) in [4.78, 5) is 17.0. The average molecular weight is 323 g/mol. The Morgan fingerprint density at radius 1 is 1.23 bits per heavy atom. The van der Waals surface area contributed by atoms with Gasteiger partial charge in [-0.05, 0) is 13.8 Å². The highest BCUT2D eigenvalue weighted by molar-refractivity contribution is 6.35. The van der Waals surface area contributed by atoms with E-state index in [2.05, 4.69) is 24.8 Å². The lowest BCUT2D eigenvalue weighted by Crippen LogP contribution is -2.46. The molecule has 2 N–H and O–H groups in total. The molecule has 2 aromatic heterocycles. The average Bonchev–Trinajstić information content (AvgIpc) is 2.81. The number of aryl methyl sites for hydroxylation is 2. The van der Waals surface area contributed by atoms with Gasteiger partial charge in [-0.2, -0.15) is 0 Å². The molecule has 0 spiro atoms. The summed E-state index contributed by atoms with van der Waals surface area (Å²) in [5, 5.41) is 0.426. The van der Waals surface area contributed by atoms with Gasteiger partial charge >= 0.3 is 0 Å². The van der Waals surface area contributed by atoms with Gasteiger partial charge < -0.3 is 15.1 Å². The van der Waals surface area contributed by atoms with Crippen LogP contribution in [-0.4, -0.2) is 46.0 Å². The van der Waals surface area contributed by atoms with E-state index in [-0.39, 0.29) is 0 Å². The van der Waals surface area contributed by atoms with E-state index in [9.17, 15) is 0 Å². The molecule has 0 bridgehead atoms. The van der Waals surface area contributed by atoms with Crippen molar-refractivity contribution in [1.82, 2.24) is 19.9 Å². The molecule has 3 heterocycles. The number of hydrogen-bond acceptors (Lipinski definition) is 7. The van der Waals surface area contributed by atoms with Gasteiger partial charge in [-0.1, -0.05) is 11.6 Å². The van der Waals surface area contributed by atoms with Crippen LogP contribution in [0.25, 0.3) is 0 Å². The molecule has 0 atom stereocenters. The summed E-state index contributed by atoms with van der Waals surface area (Å²) in [7, 11) is 0. The van der Waals surface area contributed by atoms with Crippen molar-refractivity contribution >= 4 is 23.2 Å². The van der Waals surface area contributed by atoms with E-state index < -0.39 is 0 Å². The van der Waals surface area contributed by atoms with Crippen molar-refractivity contribution in [3.05, 3.63) is 28.7 Å². The van der Waals surface area contributed by atoms with Gasteiger partial charge in [-0.15, -0.1) is 0 Å². The first-order chi connectivity index (χ1) is 10.5. The standard InChI is InChI=1S/C14H19ClN6O/c1-9-10(2)22-11(19-9)7-20-3-5-21(6-4-20)14-12(15)13(16)17-8-18-14/h8H,3-7H2,1-2H3,(H2,16,17,18). The zero-order valence-corrected chi connectivity index (χ0v) is 13.5. The zero-order chi connectivity index (χ0) is 15.7. The van der Waals surface area contributed by atoms with E-state index in [1.165, 1.54) is 6.33 Å². The maximum Gasteiger partial charge on any atom is 0.208 e. The Balaban J connectivity index is 1.61. The number of halogens is 1. The van der Waals surface area contributed by atoms with Crippen LogP contribution in [0.1, 0.15) is 17.3 Å². The van der Waals surface area contributed by atoms with E-state index in [0.717, 1.165) is 50.1 Å². The minimum Gasteiger partial charge on any atom is -0.444 e. The van der Waals surface area contributed by atoms with Gasteiger partial charge in [0.05, 0.1) is 12.2 Å². The van der Waals surface area contributed by atoms with Crippen LogP contribution in [0.4, 0.5) is 11.6 Å². The van der Waals surface area contributed by atoms with Crippen molar-refractivity contribution < 1.29 is 4.42 Å². The Labute approximate surface area is 134 Å². The molecule has 0 aliphatic carbocycles. The number of anilines is 2. The molecule has 2 aromatic rings. The SMILES string of the molecule is Cc1nc(CN2CCN(c3ncnc(N)c3Cl)CC2)oc1C. The molecule has 0 unspecified atom stereocenters. The summed E-state index contributed by atoms with van der Waals surface area (Å²) in [5.41, 5.74) is 6.69. The molecular formula is C14H19ClN6O. The second kappa shape index (κ2) is 6.10. The fraction of sp³-hybridized carbons (Fsp3) is 0.500. The molecule has 1 saturated heterocycles. The second-order valence-electron chi connectivity index (χ2n) is 5.41. The van der Waals surface area contributed by atoms with Gasteiger partial charge in [0.1, 0.15) is 22.9 Å². The van der Waals surface area contributed by atoms with Crippen LogP contribution >= 0.6 is 11.6 Å². The number of nitrogen functional groups attached to an aromatic ring is 1. The van der Waals surface area contributed by atoms with E-state index in [4.69, 9.17) is 21.8 Å². The van der Waals surface area contributed by atoms with Crippen LogP contribution in [0.2, 0.25) is 5.02 Å². The van der Waals surface area contributed by atoms with Crippen LogP contribution in [0.3, 0.4) is 0 Å². The normalized spacial score (nSPS) is 16.2. The number of aromatic nitrogens is 3. The van der Waals surface area contributed by atoms with E-state index in [1.54, 1.807) is 0 Å². The summed E-state index contributed by atoms with van der Waals surface area (Å²) in [6.07, 6.45) is 1.45. The highest BCUT2D eigenvalue weighted by atomic mass is 35.5. The lowest BCUT2D eigenvalue weighted by Gasteiger charge is -2.35. The molecule has 0 aromatic carbocycles. The lowest BCUT2D eigenvalue weighted by molar-refractivity contribution is 0.224. The first kappa shape index (κ1) is 15.1.